The zero-order chi connectivity index (χ0) is 26.9. The van der Waals surface area contributed by atoms with E-state index in [1.807, 2.05) is 6.92 Å². The fourth-order valence-electron chi connectivity index (χ4n) is 4.26. The Morgan fingerprint density at radius 1 is 1.46 bits per heavy atom. The number of amides is 1. The fraction of sp³-hybridized carbons (Fsp3) is 0.429. The second kappa shape index (κ2) is 9.02. The van der Waals surface area contributed by atoms with Crippen molar-refractivity contribution < 1.29 is 25.4 Å². The number of nitrogens with one attached hydrogen (secondary N) is 1. The second-order valence-corrected chi connectivity index (χ2v) is 10.6. The minimum atomic E-state index is -4.60. The molecule has 8 nitrogen and oxygen atoms in total. The highest BCUT2D eigenvalue weighted by molar-refractivity contribution is 9.10. The number of fused-ring (bicyclic) bond motifs is 3. The van der Waals surface area contributed by atoms with Gasteiger partial charge in [-0.3, -0.25) is 14.2 Å². The van der Waals surface area contributed by atoms with Gasteiger partial charge in [-0.15, -0.1) is 16.4 Å². The third-order valence-electron chi connectivity index (χ3n) is 5.85. The molecule has 0 bridgehead atoms. The summed E-state index contributed by atoms with van der Waals surface area (Å²) in [5.74, 6) is -0.592. The predicted molar refractivity (Wildman–Crippen MR) is 128 cm³/mol. The third kappa shape index (κ3) is 4.32. The first-order valence-electron chi connectivity index (χ1n) is 11.5. The maximum atomic E-state index is 13.3. The summed E-state index contributed by atoms with van der Waals surface area (Å²) in [6, 6.07) is -0.123. The SMILES string of the molecule is [2H]C1([2H])CCC(c2nc3n4c(c(Br)c(=O)n3n2)C(C)CC4C(=O)Nc2cc(C(F)(F)F)sc2Cl)=CCO1. The number of thiophene rings is 1. The molecule has 0 aromatic carbocycles. The summed E-state index contributed by atoms with van der Waals surface area (Å²) < 4.78 is 62.7. The smallest absolute Gasteiger partial charge is 0.377 e. The zero-order valence-electron chi connectivity index (χ0n) is 19.9. The molecule has 2 aliphatic heterocycles. The molecule has 3 aromatic heterocycles. The van der Waals surface area contributed by atoms with Gasteiger partial charge < -0.3 is 10.1 Å². The number of ether oxygens (including phenoxy) is 1. The Hall–Kier alpha value is -2.22. The number of allylic oxidation sites excluding steroid dienone is 1. The van der Waals surface area contributed by atoms with Gasteiger partial charge in [0.25, 0.3) is 5.56 Å². The molecule has 14 heteroatoms. The Morgan fingerprint density at radius 2 is 2.23 bits per heavy atom. The Kier molecular flexibility index (Phi) is 5.67. The Morgan fingerprint density at radius 3 is 2.94 bits per heavy atom. The number of rotatable bonds is 3. The van der Waals surface area contributed by atoms with Crippen LogP contribution in [0.25, 0.3) is 11.4 Å². The number of hydrogen-bond acceptors (Lipinski definition) is 6. The van der Waals surface area contributed by atoms with Crippen molar-refractivity contribution in [3.63, 3.8) is 0 Å². The van der Waals surface area contributed by atoms with Crippen molar-refractivity contribution in [3.8, 4) is 0 Å². The number of nitrogens with zero attached hydrogens (tertiary/aromatic N) is 4. The summed E-state index contributed by atoms with van der Waals surface area (Å²) in [4.78, 5) is 30.0. The molecule has 0 saturated heterocycles. The second-order valence-electron chi connectivity index (χ2n) is 8.14. The van der Waals surface area contributed by atoms with Crippen molar-refractivity contribution in [2.45, 2.75) is 44.3 Å². The van der Waals surface area contributed by atoms with E-state index in [1.54, 1.807) is 10.6 Å². The van der Waals surface area contributed by atoms with Gasteiger partial charge in [-0.25, -0.2) is 0 Å². The lowest BCUT2D eigenvalue weighted by Gasteiger charge is -2.16. The lowest BCUT2D eigenvalue weighted by Crippen LogP contribution is -2.28. The van der Waals surface area contributed by atoms with E-state index in [1.165, 1.54) is 0 Å². The van der Waals surface area contributed by atoms with E-state index < -0.39 is 35.1 Å². The van der Waals surface area contributed by atoms with Crippen LogP contribution in [0.15, 0.2) is 21.4 Å². The van der Waals surface area contributed by atoms with Gasteiger partial charge in [0, 0.05) is 18.2 Å². The maximum Gasteiger partial charge on any atom is 0.425 e. The minimum absolute atomic E-state index is 0.000438. The number of halogens is 5. The molecule has 5 rings (SSSR count). The van der Waals surface area contributed by atoms with Gasteiger partial charge in [0.2, 0.25) is 11.7 Å². The number of anilines is 1. The number of aromatic nitrogens is 4. The zero-order valence-corrected chi connectivity index (χ0v) is 21.1. The number of alkyl halides is 3. The van der Waals surface area contributed by atoms with Crippen molar-refractivity contribution >= 4 is 61.8 Å². The molecular formula is C21H18BrClF3N5O3S. The summed E-state index contributed by atoms with van der Waals surface area (Å²) in [6.45, 7) is 0.0117. The quantitative estimate of drug-likeness (QED) is 0.446. The monoisotopic (exact) mass is 593 g/mol. The highest BCUT2D eigenvalue weighted by atomic mass is 79.9. The van der Waals surface area contributed by atoms with E-state index in [-0.39, 0.29) is 57.9 Å². The van der Waals surface area contributed by atoms with Crippen molar-refractivity contribution in [1.29, 1.82) is 0 Å². The van der Waals surface area contributed by atoms with Gasteiger partial charge in [-0.2, -0.15) is 22.7 Å². The lowest BCUT2D eigenvalue weighted by atomic mass is 10.0. The van der Waals surface area contributed by atoms with Crippen LogP contribution in [-0.4, -0.2) is 38.2 Å². The molecule has 3 aromatic rings. The van der Waals surface area contributed by atoms with Crippen molar-refractivity contribution in [3.05, 3.63) is 47.7 Å². The average molecular weight is 595 g/mol. The van der Waals surface area contributed by atoms with Crippen LogP contribution >= 0.6 is 38.9 Å². The van der Waals surface area contributed by atoms with Crippen LogP contribution in [0, 0.1) is 0 Å². The maximum absolute atomic E-state index is 13.3. The summed E-state index contributed by atoms with van der Waals surface area (Å²) in [7, 11) is 0. The van der Waals surface area contributed by atoms with Crippen LogP contribution in [0.5, 0.6) is 0 Å². The van der Waals surface area contributed by atoms with Crippen LogP contribution in [0.4, 0.5) is 18.9 Å². The van der Waals surface area contributed by atoms with Gasteiger partial charge in [-0.05, 0) is 46.8 Å². The minimum Gasteiger partial charge on any atom is -0.377 e. The predicted octanol–water partition coefficient (Wildman–Crippen LogP) is 5.27. The van der Waals surface area contributed by atoms with E-state index in [9.17, 15) is 22.8 Å². The molecule has 2 unspecified atom stereocenters. The third-order valence-corrected chi connectivity index (χ3v) is 8.00. The van der Waals surface area contributed by atoms with Gasteiger partial charge in [0.1, 0.15) is 19.7 Å². The van der Waals surface area contributed by atoms with E-state index in [0.717, 1.165) is 10.6 Å². The molecular weight excluding hydrogens is 575 g/mol. The first-order chi connectivity index (χ1) is 17.3. The van der Waals surface area contributed by atoms with Crippen LogP contribution in [-0.2, 0) is 15.7 Å². The molecule has 0 saturated carbocycles. The molecule has 0 fully saturated rings. The highest BCUT2D eigenvalue weighted by Gasteiger charge is 2.39. The van der Waals surface area contributed by atoms with E-state index in [0.29, 0.717) is 22.6 Å². The molecule has 35 heavy (non-hydrogen) atoms. The van der Waals surface area contributed by atoms with Gasteiger partial charge in [0.15, 0.2) is 5.82 Å². The number of carbonyl (C=O) groups excluding carboxylic acids is 1. The van der Waals surface area contributed by atoms with Gasteiger partial charge >= 0.3 is 6.18 Å². The van der Waals surface area contributed by atoms with Gasteiger partial charge in [-0.1, -0.05) is 24.6 Å². The van der Waals surface area contributed by atoms with E-state index in [4.69, 9.17) is 19.1 Å². The molecule has 2 aliphatic rings. The van der Waals surface area contributed by atoms with Crippen molar-refractivity contribution in [2.24, 2.45) is 0 Å². The molecule has 1 N–H and O–H groups in total. The lowest BCUT2D eigenvalue weighted by molar-refractivity contribution is -0.134. The van der Waals surface area contributed by atoms with Crippen LogP contribution in [0.1, 0.15) is 57.3 Å². The first-order valence-corrected chi connectivity index (χ1v) is 12.5. The fourth-order valence-corrected chi connectivity index (χ4v) is 6.07. The molecule has 0 aliphatic carbocycles. The summed E-state index contributed by atoms with van der Waals surface area (Å²) in [6.07, 6.45) is -2.36. The summed E-state index contributed by atoms with van der Waals surface area (Å²) in [5.41, 5.74) is 0.468. The summed E-state index contributed by atoms with van der Waals surface area (Å²) in [5, 5.41) is 6.82. The largest absolute Gasteiger partial charge is 0.425 e. The molecule has 1 amide bonds. The van der Waals surface area contributed by atoms with Crippen molar-refractivity contribution in [2.75, 3.05) is 18.5 Å². The molecule has 2 atom stereocenters. The number of carbonyl (C=O) groups is 1. The standard InChI is InChI=1S/C21H18BrClF3N5O3S/c1-9-7-12(18(32)27-11-8-13(21(24,25)26)35-16(11)23)30-15(9)14(22)19(33)31-20(30)28-17(29-31)10-3-2-5-34-6-4-10/h4,8-9,12H,2-3,5-7H2,1H3,(H,27,32)/i5D2. The first kappa shape index (κ1) is 22.0. The van der Waals surface area contributed by atoms with Crippen LogP contribution in [0.2, 0.25) is 4.34 Å². The molecule has 0 radical (unpaired) electrons. The summed E-state index contributed by atoms with van der Waals surface area (Å²) >= 11 is 9.62. The molecule has 5 heterocycles. The normalized spacial score (nSPS) is 22.9. The number of hydrogen-bond donors (Lipinski definition) is 1. The van der Waals surface area contributed by atoms with E-state index >= 15 is 0 Å². The van der Waals surface area contributed by atoms with Crippen molar-refractivity contribution in [1.82, 2.24) is 19.2 Å². The Labute approximate surface area is 216 Å². The van der Waals surface area contributed by atoms with E-state index in [2.05, 4.69) is 31.3 Å². The van der Waals surface area contributed by atoms with Gasteiger partial charge in [0.05, 0.1) is 15.0 Å². The molecule has 0 spiro atoms. The average Bonchev–Trinajstić information content (AvgIpc) is 3.46. The topological polar surface area (TPSA) is 90.5 Å². The van der Waals surface area contributed by atoms with Crippen LogP contribution < -0.4 is 10.9 Å². The highest BCUT2D eigenvalue weighted by Crippen LogP contribution is 2.43. The molecule has 186 valence electrons. The Balaban J connectivity index is 1.55. The Bertz CT molecular complexity index is 1520. The van der Waals surface area contributed by atoms with Crippen LogP contribution in [0.3, 0.4) is 0 Å².